The second-order valence-corrected chi connectivity index (χ2v) is 2.93. The molecule has 0 saturated carbocycles. The molecule has 0 unspecified atom stereocenters. The molecule has 6 heteroatoms. The van der Waals surface area contributed by atoms with E-state index in [-0.39, 0.29) is 4.47 Å². The van der Waals surface area contributed by atoms with Crippen LogP contribution in [0.5, 0.6) is 0 Å². The van der Waals surface area contributed by atoms with Gasteiger partial charge in [-0.15, -0.1) is 0 Å². The van der Waals surface area contributed by atoms with Crippen LogP contribution in [-0.2, 0) is 0 Å². The van der Waals surface area contributed by atoms with Gasteiger partial charge in [0.1, 0.15) is 0 Å². The maximum absolute atomic E-state index is 11.9. The van der Waals surface area contributed by atoms with Gasteiger partial charge < -0.3 is 9.52 Å². The molecule has 0 radical (unpaired) electrons. The lowest BCUT2D eigenvalue weighted by Crippen LogP contribution is -2.19. The van der Waals surface area contributed by atoms with Crippen molar-refractivity contribution in [2.45, 2.75) is 12.3 Å². The summed E-state index contributed by atoms with van der Waals surface area (Å²) in [5.41, 5.74) is 0. The van der Waals surface area contributed by atoms with E-state index >= 15 is 0 Å². The quantitative estimate of drug-likeness (QED) is 0.824. The molecule has 0 aliphatic rings. The number of rotatable bonds is 1. The minimum absolute atomic E-state index is 0.104. The SMILES string of the molecule is O[C@H](c1occc1Br)C(F)(F)F. The number of furan rings is 1. The maximum atomic E-state index is 11.9. The molecule has 0 amide bonds. The zero-order valence-corrected chi connectivity index (χ0v) is 7.19. The standard InChI is InChI=1S/C6H4BrF3O2/c7-3-1-2-12-4(3)5(11)6(8,9)10/h1-2,5,11H/t5-/m1/s1. The van der Waals surface area contributed by atoms with E-state index in [4.69, 9.17) is 5.11 Å². The van der Waals surface area contributed by atoms with Gasteiger partial charge in [0.15, 0.2) is 5.76 Å². The first-order valence-electron chi connectivity index (χ1n) is 2.90. The highest BCUT2D eigenvalue weighted by Gasteiger charge is 2.42. The van der Waals surface area contributed by atoms with Crippen molar-refractivity contribution in [1.29, 1.82) is 0 Å². The zero-order chi connectivity index (χ0) is 9.35. The average molecular weight is 245 g/mol. The maximum Gasteiger partial charge on any atom is 0.421 e. The van der Waals surface area contributed by atoms with E-state index in [1.807, 2.05) is 0 Å². The normalized spacial score (nSPS) is 14.8. The van der Waals surface area contributed by atoms with Gasteiger partial charge in [0.05, 0.1) is 10.7 Å². The zero-order valence-electron chi connectivity index (χ0n) is 5.60. The van der Waals surface area contributed by atoms with Crippen molar-refractivity contribution in [2.75, 3.05) is 0 Å². The average Bonchev–Trinajstić information content (AvgIpc) is 2.31. The van der Waals surface area contributed by atoms with E-state index in [9.17, 15) is 13.2 Å². The summed E-state index contributed by atoms with van der Waals surface area (Å²) in [6.07, 6.45) is -6.20. The highest BCUT2D eigenvalue weighted by molar-refractivity contribution is 9.10. The topological polar surface area (TPSA) is 33.4 Å². The third-order valence-corrected chi connectivity index (χ3v) is 1.86. The van der Waals surface area contributed by atoms with Gasteiger partial charge in [-0.25, -0.2) is 0 Å². The molecule has 1 N–H and O–H groups in total. The summed E-state index contributed by atoms with van der Waals surface area (Å²) in [7, 11) is 0. The van der Waals surface area contributed by atoms with Gasteiger partial charge in [0, 0.05) is 0 Å². The number of aliphatic hydroxyl groups excluding tert-OH is 1. The second kappa shape index (κ2) is 3.10. The molecular formula is C6H4BrF3O2. The van der Waals surface area contributed by atoms with Gasteiger partial charge in [-0.2, -0.15) is 13.2 Å². The Labute approximate surface area is 74.1 Å². The molecule has 0 aliphatic carbocycles. The van der Waals surface area contributed by atoms with Crippen molar-refractivity contribution >= 4 is 15.9 Å². The molecule has 1 rings (SSSR count). The Kier molecular flexibility index (Phi) is 2.48. The van der Waals surface area contributed by atoms with Crippen LogP contribution in [0.1, 0.15) is 11.9 Å². The predicted molar refractivity (Wildman–Crippen MR) is 37.4 cm³/mol. The van der Waals surface area contributed by atoms with Crippen LogP contribution in [0.4, 0.5) is 13.2 Å². The largest absolute Gasteiger partial charge is 0.465 e. The Morgan fingerprint density at radius 3 is 2.42 bits per heavy atom. The van der Waals surface area contributed by atoms with E-state index in [1.165, 1.54) is 6.07 Å². The van der Waals surface area contributed by atoms with Gasteiger partial charge in [-0.1, -0.05) is 0 Å². The molecule has 0 bridgehead atoms. The Morgan fingerprint density at radius 1 is 1.50 bits per heavy atom. The number of hydrogen-bond donors (Lipinski definition) is 1. The lowest BCUT2D eigenvalue weighted by molar-refractivity contribution is -0.211. The third-order valence-electron chi connectivity index (χ3n) is 1.20. The Balaban J connectivity index is 2.92. The molecule has 0 fully saturated rings. The van der Waals surface area contributed by atoms with Crippen molar-refractivity contribution < 1.29 is 22.7 Å². The van der Waals surface area contributed by atoms with Crippen LogP contribution in [0, 0.1) is 0 Å². The molecule has 0 spiro atoms. The van der Waals surface area contributed by atoms with Crippen LogP contribution >= 0.6 is 15.9 Å². The van der Waals surface area contributed by atoms with Crippen LogP contribution in [0.3, 0.4) is 0 Å². The van der Waals surface area contributed by atoms with E-state index < -0.39 is 18.0 Å². The summed E-state index contributed by atoms with van der Waals surface area (Å²) in [5, 5.41) is 8.68. The fourth-order valence-electron chi connectivity index (χ4n) is 0.649. The summed E-state index contributed by atoms with van der Waals surface area (Å²) < 4.78 is 40.1. The molecule has 0 saturated heterocycles. The summed E-state index contributed by atoms with van der Waals surface area (Å²) in [6, 6.07) is 1.28. The van der Waals surface area contributed by atoms with Crippen molar-refractivity contribution in [3.8, 4) is 0 Å². The van der Waals surface area contributed by atoms with Gasteiger partial charge in [0.2, 0.25) is 6.10 Å². The number of aliphatic hydroxyl groups is 1. The molecule has 0 aromatic carbocycles. The Morgan fingerprint density at radius 2 is 2.08 bits per heavy atom. The van der Waals surface area contributed by atoms with Crippen LogP contribution in [0.15, 0.2) is 21.2 Å². The van der Waals surface area contributed by atoms with Crippen molar-refractivity contribution in [1.82, 2.24) is 0 Å². The third kappa shape index (κ3) is 1.81. The molecule has 1 atom stereocenters. The fraction of sp³-hybridized carbons (Fsp3) is 0.333. The molecule has 1 aromatic heterocycles. The number of alkyl halides is 3. The Bertz CT molecular complexity index is 268. The molecule has 2 nitrogen and oxygen atoms in total. The van der Waals surface area contributed by atoms with Crippen LogP contribution in [-0.4, -0.2) is 11.3 Å². The first-order valence-corrected chi connectivity index (χ1v) is 3.70. The fourth-order valence-corrected chi connectivity index (χ4v) is 1.07. The minimum Gasteiger partial charge on any atom is -0.465 e. The van der Waals surface area contributed by atoms with Gasteiger partial charge in [0.25, 0.3) is 0 Å². The highest BCUT2D eigenvalue weighted by atomic mass is 79.9. The highest BCUT2D eigenvalue weighted by Crippen LogP contribution is 2.36. The summed E-state index contributed by atoms with van der Waals surface area (Å²) in [4.78, 5) is 0. The second-order valence-electron chi connectivity index (χ2n) is 2.08. The van der Waals surface area contributed by atoms with E-state index in [0.717, 1.165) is 6.26 Å². The van der Waals surface area contributed by atoms with Gasteiger partial charge in [-0.05, 0) is 22.0 Å². The monoisotopic (exact) mass is 244 g/mol. The summed E-state index contributed by atoms with van der Waals surface area (Å²) in [6.45, 7) is 0. The molecule has 12 heavy (non-hydrogen) atoms. The van der Waals surface area contributed by atoms with Crippen LogP contribution < -0.4 is 0 Å². The molecule has 0 aliphatic heterocycles. The van der Waals surface area contributed by atoms with Gasteiger partial charge in [-0.3, -0.25) is 0 Å². The van der Waals surface area contributed by atoms with E-state index in [1.54, 1.807) is 0 Å². The van der Waals surface area contributed by atoms with Crippen molar-refractivity contribution in [3.63, 3.8) is 0 Å². The molecular weight excluding hydrogens is 241 g/mol. The first-order chi connectivity index (χ1) is 5.43. The predicted octanol–water partition coefficient (Wildman–Crippen LogP) is 2.64. The minimum atomic E-state index is -4.69. The lowest BCUT2D eigenvalue weighted by Gasteiger charge is -2.11. The number of halogens is 4. The smallest absolute Gasteiger partial charge is 0.421 e. The number of hydrogen-bond acceptors (Lipinski definition) is 2. The molecule has 1 heterocycles. The summed E-state index contributed by atoms with van der Waals surface area (Å²) >= 11 is 2.81. The summed E-state index contributed by atoms with van der Waals surface area (Å²) in [5.74, 6) is -0.525. The van der Waals surface area contributed by atoms with Gasteiger partial charge >= 0.3 is 6.18 Å². The van der Waals surface area contributed by atoms with Crippen LogP contribution in [0.2, 0.25) is 0 Å². The molecule has 1 aromatic rings. The van der Waals surface area contributed by atoms with E-state index in [0.29, 0.717) is 0 Å². The van der Waals surface area contributed by atoms with Crippen molar-refractivity contribution in [2.24, 2.45) is 0 Å². The lowest BCUT2D eigenvalue weighted by atomic mass is 10.3. The van der Waals surface area contributed by atoms with E-state index in [2.05, 4.69) is 20.3 Å². The Hall–Kier alpha value is -0.490. The van der Waals surface area contributed by atoms with Crippen molar-refractivity contribution in [3.05, 3.63) is 22.6 Å². The first kappa shape index (κ1) is 9.60. The molecule has 68 valence electrons. The van der Waals surface area contributed by atoms with Crippen LogP contribution in [0.25, 0.3) is 0 Å².